The summed E-state index contributed by atoms with van der Waals surface area (Å²) < 4.78 is 30.0. The number of unbranched alkanes of at least 4 members (excludes halogenated alkanes) is 1. The minimum atomic E-state index is -0.630. The molecule has 1 atom stereocenters. The van der Waals surface area contributed by atoms with Crippen molar-refractivity contribution >= 4 is 5.57 Å². The Kier molecular flexibility index (Phi) is 10.7. The van der Waals surface area contributed by atoms with Crippen LogP contribution in [0.4, 0.5) is 8.78 Å². The second-order valence-electron chi connectivity index (χ2n) is 12.2. The molecule has 2 heteroatoms. The summed E-state index contributed by atoms with van der Waals surface area (Å²) in [6, 6.07) is 3.67. The molecule has 1 unspecified atom stereocenters. The van der Waals surface area contributed by atoms with Crippen LogP contribution in [0.2, 0.25) is 0 Å². The predicted molar refractivity (Wildman–Crippen MR) is 150 cm³/mol. The van der Waals surface area contributed by atoms with Gasteiger partial charge in [-0.05, 0) is 111 Å². The van der Waals surface area contributed by atoms with Crippen molar-refractivity contribution < 1.29 is 8.78 Å². The number of hydrogen-bond acceptors (Lipinski definition) is 0. The molecule has 0 spiro atoms. The van der Waals surface area contributed by atoms with Crippen molar-refractivity contribution in [2.75, 3.05) is 0 Å². The smallest absolute Gasteiger partial charge is 0.166 e. The highest BCUT2D eigenvalue weighted by atomic mass is 19.2. The molecule has 2 saturated carbocycles. The quantitative estimate of drug-likeness (QED) is 0.283. The van der Waals surface area contributed by atoms with Crippen LogP contribution in [0.3, 0.4) is 0 Å². The van der Waals surface area contributed by atoms with E-state index in [1.54, 1.807) is 0 Å². The molecule has 0 nitrogen and oxygen atoms in total. The Morgan fingerprint density at radius 1 is 0.833 bits per heavy atom. The van der Waals surface area contributed by atoms with Gasteiger partial charge in [0.05, 0.1) is 0 Å². The summed E-state index contributed by atoms with van der Waals surface area (Å²) in [5, 5.41) is 0. The van der Waals surface area contributed by atoms with E-state index in [1.165, 1.54) is 77.0 Å². The van der Waals surface area contributed by atoms with E-state index >= 15 is 4.39 Å². The first-order valence-corrected chi connectivity index (χ1v) is 15.4. The number of rotatable bonds is 10. The number of benzene rings is 1. The average molecular weight is 497 g/mol. The van der Waals surface area contributed by atoms with E-state index in [1.807, 2.05) is 12.1 Å². The van der Waals surface area contributed by atoms with Crippen LogP contribution in [-0.4, -0.2) is 0 Å². The molecule has 0 N–H and O–H groups in total. The van der Waals surface area contributed by atoms with Crippen LogP contribution in [0, 0.1) is 41.2 Å². The van der Waals surface area contributed by atoms with Gasteiger partial charge >= 0.3 is 0 Å². The van der Waals surface area contributed by atoms with E-state index in [0.717, 1.165) is 54.9 Å². The molecule has 1 aromatic rings. The number of hydrogen-bond donors (Lipinski definition) is 0. The summed E-state index contributed by atoms with van der Waals surface area (Å²) in [5.74, 6) is 2.84. The van der Waals surface area contributed by atoms with Crippen LogP contribution < -0.4 is 0 Å². The minimum Gasteiger partial charge on any atom is -0.203 e. The number of allylic oxidation sites excluding steroid dienone is 4. The lowest BCUT2D eigenvalue weighted by molar-refractivity contribution is 0.192. The van der Waals surface area contributed by atoms with E-state index in [4.69, 9.17) is 0 Å². The molecule has 3 aliphatic carbocycles. The zero-order valence-electron chi connectivity index (χ0n) is 23.1. The normalized spacial score (nSPS) is 29.4. The van der Waals surface area contributed by atoms with Crippen LogP contribution in [0.5, 0.6) is 0 Å². The largest absolute Gasteiger partial charge is 0.203 e. The van der Waals surface area contributed by atoms with Crippen molar-refractivity contribution in [3.8, 4) is 0 Å². The molecule has 0 heterocycles. The topological polar surface area (TPSA) is 0 Å². The predicted octanol–water partition coefficient (Wildman–Crippen LogP) is 10.9. The fourth-order valence-corrected chi connectivity index (χ4v) is 7.32. The lowest BCUT2D eigenvalue weighted by Gasteiger charge is -2.35. The maximum Gasteiger partial charge on any atom is 0.166 e. The van der Waals surface area contributed by atoms with Gasteiger partial charge in [0.25, 0.3) is 0 Å². The Labute approximate surface area is 220 Å². The van der Waals surface area contributed by atoms with Gasteiger partial charge in [0, 0.05) is 5.56 Å². The first-order valence-electron chi connectivity index (χ1n) is 15.4. The highest BCUT2D eigenvalue weighted by Gasteiger charge is 2.29. The van der Waals surface area contributed by atoms with E-state index in [2.05, 4.69) is 32.1 Å². The lowest BCUT2D eigenvalue weighted by atomic mass is 9.70. The second-order valence-corrected chi connectivity index (χ2v) is 12.2. The highest BCUT2D eigenvalue weighted by molar-refractivity contribution is 5.67. The lowest BCUT2D eigenvalue weighted by Crippen LogP contribution is -2.23. The Balaban J connectivity index is 1.25. The average Bonchev–Trinajstić information content (AvgIpc) is 2.93. The van der Waals surface area contributed by atoms with Crippen molar-refractivity contribution in [3.05, 3.63) is 53.1 Å². The fraction of sp³-hybridized carbons (Fsp3) is 0.706. The van der Waals surface area contributed by atoms with Crippen molar-refractivity contribution in [1.82, 2.24) is 0 Å². The molecule has 0 bridgehead atoms. The van der Waals surface area contributed by atoms with Gasteiger partial charge in [0.2, 0.25) is 0 Å². The molecular weight excluding hydrogens is 446 g/mol. The summed E-state index contributed by atoms with van der Waals surface area (Å²) in [4.78, 5) is 0. The van der Waals surface area contributed by atoms with Crippen molar-refractivity contribution in [2.24, 2.45) is 29.6 Å². The van der Waals surface area contributed by atoms with Crippen molar-refractivity contribution in [1.29, 1.82) is 0 Å². The third-order valence-corrected chi connectivity index (χ3v) is 9.94. The summed E-state index contributed by atoms with van der Waals surface area (Å²) in [7, 11) is 0. The molecule has 0 radical (unpaired) electrons. The SMILES string of the molecule is CCCCC1CCC(/C=C/CCc2ccc(C3=CCC(C4CCC(CC)CC4)CC3)c(F)c2F)CC1. The number of aryl methyl sites for hydroxylation is 1. The van der Waals surface area contributed by atoms with Crippen molar-refractivity contribution in [2.45, 2.75) is 123 Å². The van der Waals surface area contributed by atoms with E-state index in [9.17, 15) is 4.39 Å². The van der Waals surface area contributed by atoms with Crippen LogP contribution in [-0.2, 0) is 6.42 Å². The monoisotopic (exact) mass is 496 g/mol. The van der Waals surface area contributed by atoms with Crippen LogP contribution in [0.15, 0.2) is 30.4 Å². The van der Waals surface area contributed by atoms with Gasteiger partial charge in [0.1, 0.15) is 0 Å². The molecule has 0 aliphatic heterocycles. The van der Waals surface area contributed by atoms with Crippen LogP contribution in [0.1, 0.15) is 128 Å². The third-order valence-electron chi connectivity index (χ3n) is 9.94. The van der Waals surface area contributed by atoms with Crippen LogP contribution >= 0.6 is 0 Å². The van der Waals surface area contributed by atoms with Gasteiger partial charge in [-0.3, -0.25) is 0 Å². The molecule has 3 aliphatic rings. The standard InChI is InChI=1S/C34H50F2/c1-3-5-8-26-11-13-27(14-12-26)9-6-7-10-31-23-24-32(34(36)33(31)35)30-21-19-29(20-22-30)28-17-15-25(4-2)16-18-28/h6,9,21,23-29H,3-5,7-8,10-20,22H2,1-2H3/b9-6+. The second kappa shape index (κ2) is 13.9. The highest BCUT2D eigenvalue weighted by Crippen LogP contribution is 2.42. The molecule has 0 aromatic heterocycles. The van der Waals surface area contributed by atoms with E-state index < -0.39 is 11.6 Å². The zero-order chi connectivity index (χ0) is 25.3. The number of halogens is 2. The molecule has 200 valence electrons. The summed E-state index contributed by atoms with van der Waals surface area (Å²) in [5.41, 5.74) is 2.04. The van der Waals surface area contributed by atoms with Crippen LogP contribution in [0.25, 0.3) is 5.57 Å². The molecule has 4 rings (SSSR count). The first kappa shape index (κ1) is 27.6. The van der Waals surface area contributed by atoms with Gasteiger partial charge in [-0.2, -0.15) is 0 Å². The van der Waals surface area contributed by atoms with Gasteiger partial charge in [-0.25, -0.2) is 8.78 Å². The maximum absolute atomic E-state index is 15.1. The molecule has 2 fully saturated rings. The summed E-state index contributed by atoms with van der Waals surface area (Å²) in [6.07, 6.45) is 27.3. The zero-order valence-corrected chi connectivity index (χ0v) is 23.1. The maximum atomic E-state index is 15.1. The molecule has 1 aromatic carbocycles. The Hall–Kier alpha value is -1.44. The molecule has 0 saturated heterocycles. The van der Waals surface area contributed by atoms with E-state index in [-0.39, 0.29) is 0 Å². The summed E-state index contributed by atoms with van der Waals surface area (Å²) in [6.45, 7) is 4.59. The molecule has 36 heavy (non-hydrogen) atoms. The Morgan fingerprint density at radius 2 is 1.58 bits per heavy atom. The van der Waals surface area contributed by atoms with Gasteiger partial charge in [-0.1, -0.05) is 82.7 Å². The van der Waals surface area contributed by atoms with Crippen molar-refractivity contribution in [3.63, 3.8) is 0 Å². The first-order chi connectivity index (χ1) is 17.6. The molecule has 0 amide bonds. The third kappa shape index (κ3) is 7.32. The van der Waals surface area contributed by atoms with Gasteiger partial charge in [-0.15, -0.1) is 0 Å². The van der Waals surface area contributed by atoms with Gasteiger partial charge in [0.15, 0.2) is 11.6 Å². The van der Waals surface area contributed by atoms with E-state index in [0.29, 0.717) is 23.5 Å². The minimum absolute atomic E-state index is 0.500. The fourth-order valence-electron chi connectivity index (χ4n) is 7.32. The Bertz CT molecular complexity index is 865. The molecular formula is C34H50F2. The van der Waals surface area contributed by atoms with Gasteiger partial charge < -0.3 is 0 Å². The Morgan fingerprint density at radius 3 is 2.25 bits per heavy atom. The summed E-state index contributed by atoms with van der Waals surface area (Å²) >= 11 is 0.